The van der Waals surface area contributed by atoms with E-state index in [1.54, 1.807) is 7.11 Å². The summed E-state index contributed by atoms with van der Waals surface area (Å²) in [5.74, 6) is 0. The SMILES string of the molecule is COCCONCCCN1CCCC1. The largest absolute Gasteiger partial charge is 0.382 e. The minimum absolute atomic E-state index is 0.625. The molecule has 0 aromatic heterocycles. The first-order chi connectivity index (χ1) is 6.93. The van der Waals surface area contributed by atoms with Crippen molar-refractivity contribution in [3.05, 3.63) is 0 Å². The number of hydrogen-bond donors (Lipinski definition) is 1. The van der Waals surface area contributed by atoms with Crippen LogP contribution in [0.2, 0.25) is 0 Å². The molecule has 0 aromatic rings. The Morgan fingerprint density at radius 2 is 2.00 bits per heavy atom. The van der Waals surface area contributed by atoms with Crippen LogP contribution in [0.15, 0.2) is 0 Å². The highest BCUT2D eigenvalue weighted by molar-refractivity contribution is 4.65. The third-order valence-corrected chi connectivity index (χ3v) is 2.44. The van der Waals surface area contributed by atoms with Crippen LogP contribution in [0.3, 0.4) is 0 Å². The highest BCUT2D eigenvalue weighted by Crippen LogP contribution is 2.06. The van der Waals surface area contributed by atoms with Crippen LogP contribution in [0.1, 0.15) is 19.3 Å². The molecule has 1 heterocycles. The Morgan fingerprint density at radius 3 is 2.71 bits per heavy atom. The molecule has 4 heteroatoms. The Bertz CT molecular complexity index is 127. The molecule has 1 aliphatic rings. The molecular formula is C10H22N2O2. The molecule has 0 aromatic carbocycles. The van der Waals surface area contributed by atoms with Crippen molar-refractivity contribution in [2.45, 2.75) is 19.3 Å². The molecule has 1 aliphatic heterocycles. The summed E-state index contributed by atoms with van der Waals surface area (Å²) in [7, 11) is 1.68. The Morgan fingerprint density at radius 1 is 1.21 bits per heavy atom. The lowest BCUT2D eigenvalue weighted by Crippen LogP contribution is -2.25. The molecule has 14 heavy (non-hydrogen) atoms. The van der Waals surface area contributed by atoms with Gasteiger partial charge in [0.15, 0.2) is 0 Å². The normalized spacial score (nSPS) is 17.8. The van der Waals surface area contributed by atoms with E-state index in [-0.39, 0.29) is 0 Å². The second-order valence-electron chi connectivity index (χ2n) is 3.64. The smallest absolute Gasteiger partial charge is 0.0915 e. The van der Waals surface area contributed by atoms with Gasteiger partial charge in [-0.1, -0.05) is 0 Å². The summed E-state index contributed by atoms with van der Waals surface area (Å²) < 4.78 is 4.86. The number of likely N-dealkylation sites (tertiary alicyclic amines) is 1. The molecule has 1 fully saturated rings. The summed E-state index contributed by atoms with van der Waals surface area (Å²) in [6.07, 6.45) is 3.91. The number of methoxy groups -OCH3 is 1. The van der Waals surface area contributed by atoms with Crippen LogP contribution in [0.4, 0.5) is 0 Å². The second kappa shape index (κ2) is 8.17. The van der Waals surface area contributed by atoms with Crippen molar-refractivity contribution in [1.82, 2.24) is 10.4 Å². The first-order valence-electron chi connectivity index (χ1n) is 5.49. The van der Waals surface area contributed by atoms with Crippen LogP contribution in [0.25, 0.3) is 0 Å². The van der Waals surface area contributed by atoms with Gasteiger partial charge in [-0.15, -0.1) is 0 Å². The lowest BCUT2D eigenvalue weighted by molar-refractivity contribution is 0.00591. The summed E-state index contributed by atoms with van der Waals surface area (Å²) in [5.41, 5.74) is 2.94. The van der Waals surface area contributed by atoms with Crippen molar-refractivity contribution in [2.75, 3.05) is 46.5 Å². The molecule has 0 aliphatic carbocycles. The van der Waals surface area contributed by atoms with Crippen molar-refractivity contribution < 1.29 is 9.57 Å². The third kappa shape index (κ3) is 5.54. The van der Waals surface area contributed by atoms with E-state index in [1.165, 1.54) is 32.5 Å². The maximum Gasteiger partial charge on any atom is 0.0915 e. The molecule has 84 valence electrons. The lowest BCUT2D eigenvalue weighted by atomic mass is 10.4. The zero-order valence-corrected chi connectivity index (χ0v) is 9.13. The number of rotatable bonds is 8. The van der Waals surface area contributed by atoms with E-state index in [0.29, 0.717) is 13.2 Å². The van der Waals surface area contributed by atoms with Crippen molar-refractivity contribution >= 4 is 0 Å². The second-order valence-corrected chi connectivity index (χ2v) is 3.64. The van der Waals surface area contributed by atoms with E-state index >= 15 is 0 Å². The van der Waals surface area contributed by atoms with Gasteiger partial charge >= 0.3 is 0 Å². The van der Waals surface area contributed by atoms with E-state index in [2.05, 4.69) is 10.4 Å². The van der Waals surface area contributed by atoms with E-state index in [4.69, 9.17) is 9.57 Å². The van der Waals surface area contributed by atoms with E-state index in [9.17, 15) is 0 Å². The molecule has 0 spiro atoms. The maximum absolute atomic E-state index is 5.15. The summed E-state index contributed by atoms with van der Waals surface area (Å²) in [6.45, 7) is 5.97. The fraction of sp³-hybridized carbons (Fsp3) is 1.00. The van der Waals surface area contributed by atoms with E-state index < -0.39 is 0 Å². The van der Waals surface area contributed by atoms with Crippen LogP contribution in [0, 0.1) is 0 Å². The predicted octanol–water partition coefficient (Wildman–Crippen LogP) is 0.640. The zero-order chi connectivity index (χ0) is 10.1. The van der Waals surface area contributed by atoms with Gasteiger partial charge < -0.3 is 9.64 Å². The minimum atomic E-state index is 0.625. The Hall–Kier alpha value is -0.160. The van der Waals surface area contributed by atoms with Gasteiger partial charge in [-0.05, 0) is 38.9 Å². The summed E-state index contributed by atoms with van der Waals surface area (Å²) in [5, 5.41) is 0. The number of nitrogens with one attached hydrogen (secondary N) is 1. The Kier molecular flexibility index (Phi) is 6.95. The maximum atomic E-state index is 5.15. The Balaban J connectivity index is 1.75. The number of ether oxygens (including phenoxy) is 1. The zero-order valence-electron chi connectivity index (χ0n) is 9.13. The van der Waals surface area contributed by atoms with Crippen molar-refractivity contribution in [3.63, 3.8) is 0 Å². The van der Waals surface area contributed by atoms with Gasteiger partial charge in [0.2, 0.25) is 0 Å². The summed E-state index contributed by atoms with van der Waals surface area (Å²) in [6, 6.07) is 0. The number of hydroxylamine groups is 1. The van der Waals surface area contributed by atoms with Gasteiger partial charge in [0, 0.05) is 13.7 Å². The third-order valence-electron chi connectivity index (χ3n) is 2.44. The molecule has 1 saturated heterocycles. The molecule has 1 rings (SSSR count). The van der Waals surface area contributed by atoms with Gasteiger partial charge in [0.05, 0.1) is 13.2 Å². The monoisotopic (exact) mass is 202 g/mol. The first-order valence-corrected chi connectivity index (χ1v) is 5.49. The summed E-state index contributed by atoms with van der Waals surface area (Å²) in [4.78, 5) is 7.66. The molecule has 0 amide bonds. The molecular weight excluding hydrogens is 180 g/mol. The topological polar surface area (TPSA) is 33.7 Å². The van der Waals surface area contributed by atoms with Crippen LogP contribution in [0.5, 0.6) is 0 Å². The standard InChI is InChI=1S/C10H22N2O2/c1-13-9-10-14-11-5-4-8-12-6-2-3-7-12/h11H,2-10H2,1H3. The van der Waals surface area contributed by atoms with E-state index in [0.717, 1.165) is 13.0 Å². The fourth-order valence-corrected chi connectivity index (χ4v) is 1.65. The van der Waals surface area contributed by atoms with Gasteiger partial charge in [0.25, 0.3) is 0 Å². The molecule has 4 nitrogen and oxygen atoms in total. The van der Waals surface area contributed by atoms with Crippen LogP contribution in [-0.2, 0) is 9.57 Å². The molecule has 0 atom stereocenters. The Labute approximate surface area is 86.5 Å². The predicted molar refractivity (Wildman–Crippen MR) is 56.1 cm³/mol. The highest BCUT2D eigenvalue weighted by Gasteiger charge is 2.09. The highest BCUT2D eigenvalue weighted by atomic mass is 16.7. The molecule has 0 saturated carbocycles. The van der Waals surface area contributed by atoms with Gasteiger partial charge in [0.1, 0.15) is 0 Å². The van der Waals surface area contributed by atoms with Crippen LogP contribution < -0.4 is 5.48 Å². The number of nitrogens with zero attached hydrogens (tertiary/aromatic N) is 1. The average molecular weight is 202 g/mol. The summed E-state index contributed by atoms with van der Waals surface area (Å²) >= 11 is 0. The van der Waals surface area contributed by atoms with Crippen LogP contribution in [-0.4, -0.2) is 51.4 Å². The van der Waals surface area contributed by atoms with Crippen molar-refractivity contribution in [1.29, 1.82) is 0 Å². The molecule has 0 bridgehead atoms. The van der Waals surface area contributed by atoms with Crippen molar-refractivity contribution in [3.8, 4) is 0 Å². The fourth-order valence-electron chi connectivity index (χ4n) is 1.65. The quantitative estimate of drug-likeness (QED) is 0.462. The van der Waals surface area contributed by atoms with Crippen molar-refractivity contribution in [2.24, 2.45) is 0 Å². The average Bonchev–Trinajstić information content (AvgIpc) is 2.69. The number of hydrogen-bond acceptors (Lipinski definition) is 4. The molecule has 0 unspecified atom stereocenters. The first kappa shape index (κ1) is 11.9. The lowest BCUT2D eigenvalue weighted by Gasteiger charge is -2.14. The van der Waals surface area contributed by atoms with Gasteiger partial charge in [-0.25, -0.2) is 5.48 Å². The van der Waals surface area contributed by atoms with Gasteiger partial charge in [-0.3, -0.25) is 4.84 Å². The van der Waals surface area contributed by atoms with Crippen LogP contribution >= 0.6 is 0 Å². The minimum Gasteiger partial charge on any atom is -0.382 e. The van der Waals surface area contributed by atoms with Gasteiger partial charge in [-0.2, -0.15) is 0 Å². The molecule has 0 radical (unpaired) electrons. The van der Waals surface area contributed by atoms with E-state index in [1.807, 2.05) is 0 Å². The molecule has 1 N–H and O–H groups in total.